The van der Waals surface area contributed by atoms with Crippen molar-refractivity contribution >= 4 is 17.5 Å². The first kappa shape index (κ1) is 17.7. The fourth-order valence-electron chi connectivity index (χ4n) is 3.51. The van der Waals surface area contributed by atoms with E-state index >= 15 is 0 Å². The zero-order valence-electron chi connectivity index (χ0n) is 14.4. The Morgan fingerprint density at radius 2 is 2.00 bits per heavy atom. The molecule has 0 aliphatic heterocycles. The Morgan fingerprint density at radius 1 is 1.24 bits per heavy atom. The molecular weight excluding hydrogens is 336 g/mol. The summed E-state index contributed by atoms with van der Waals surface area (Å²) in [6.45, 7) is 2.62. The first-order chi connectivity index (χ1) is 12.0. The Kier molecular flexibility index (Phi) is 5.59. The van der Waals surface area contributed by atoms with E-state index in [-0.39, 0.29) is 22.5 Å². The molecule has 3 rings (SSSR count). The molecule has 1 amide bonds. The number of amides is 1. The zero-order valence-corrected chi connectivity index (χ0v) is 15.2. The molecule has 1 N–H and O–H groups in total. The van der Waals surface area contributed by atoms with Gasteiger partial charge in [0, 0.05) is 18.8 Å². The molecule has 1 aromatic heterocycles. The van der Waals surface area contributed by atoms with Crippen LogP contribution in [0.1, 0.15) is 53.6 Å². The zero-order chi connectivity index (χ0) is 17.8. The highest BCUT2D eigenvalue weighted by Gasteiger charge is 2.27. The molecule has 25 heavy (non-hydrogen) atoms. The molecule has 0 bridgehead atoms. The summed E-state index contributed by atoms with van der Waals surface area (Å²) in [6, 6.07) is 9.93. The number of hydrogen-bond donors (Lipinski definition) is 1. The van der Waals surface area contributed by atoms with Gasteiger partial charge in [-0.1, -0.05) is 60.7 Å². The summed E-state index contributed by atoms with van der Waals surface area (Å²) >= 11 is 5.91. The van der Waals surface area contributed by atoms with Gasteiger partial charge in [0.05, 0.1) is 5.56 Å². The van der Waals surface area contributed by atoms with E-state index < -0.39 is 0 Å². The minimum absolute atomic E-state index is 0.0463. The maximum Gasteiger partial charge on any atom is 0.266 e. The Labute approximate surface area is 152 Å². The SMILES string of the molecule is Cc1cccc(CN(C(=O)c2c[nH]c(=O)c(Cl)c2)C2CCCCC2)c1. The number of aromatic nitrogens is 1. The number of nitrogens with zero attached hydrogens (tertiary/aromatic N) is 1. The summed E-state index contributed by atoms with van der Waals surface area (Å²) in [4.78, 5) is 29.1. The maximum absolute atomic E-state index is 13.1. The molecule has 0 radical (unpaired) electrons. The molecule has 1 heterocycles. The van der Waals surface area contributed by atoms with Crippen molar-refractivity contribution in [3.05, 3.63) is 68.6 Å². The fraction of sp³-hybridized carbons (Fsp3) is 0.400. The molecule has 1 fully saturated rings. The van der Waals surface area contributed by atoms with Gasteiger partial charge in [-0.3, -0.25) is 9.59 Å². The Balaban J connectivity index is 1.90. The van der Waals surface area contributed by atoms with Gasteiger partial charge in [0.25, 0.3) is 11.5 Å². The molecule has 0 atom stereocenters. The molecule has 5 heteroatoms. The molecule has 2 aromatic rings. The lowest BCUT2D eigenvalue weighted by Crippen LogP contribution is -2.41. The largest absolute Gasteiger partial charge is 0.331 e. The van der Waals surface area contributed by atoms with Gasteiger partial charge in [0.2, 0.25) is 0 Å². The van der Waals surface area contributed by atoms with Crippen LogP contribution in [0.3, 0.4) is 0 Å². The van der Waals surface area contributed by atoms with Crippen molar-refractivity contribution in [1.29, 1.82) is 0 Å². The standard InChI is InChI=1S/C20H23ClN2O2/c1-14-6-5-7-15(10-14)13-23(17-8-3-2-4-9-17)20(25)16-11-18(21)19(24)22-12-16/h5-7,10-12,17H,2-4,8-9,13H2,1H3,(H,22,24). The van der Waals surface area contributed by atoms with Gasteiger partial charge in [0.15, 0.2) is 0 Å². The second-order valence-corrected chi connectivity index (χ2v) is 7.19. The first-order valence-corrected chi connectivity index (χ1v) is 9.17. The van der Waals surface area contributed by atoms with E-state index in [2.05, 4.69) is 30.1 Å². The second-order valence-electron chi connectivity index (χ2n) is 6.78. The molecular formula is C20H23ClN2O2. The number of rotatable bonds is 4. The molecule has 1 aliphatic carbocycles. The molecule has 1 saturated carbocycles. The van der Waals surface area contributed by atoms with Gasteiger partial charge in [-0.05, 0) is 31.4 Å². The lowest BCUT2D eigenvalue weighted by atomic mass is 9.93. The van der Waals surface area contributed by atoms with E-state index in [1.165, 1.54) is 24.2 Å². The third-order valence-electron chi connectivity index (χ3n) is 4.82. The monoisotopic (exact) mass is 358 g/mol. The Bertz CT molecular complexity index is 809. The quantitative estimate of drug-likeness (QED) is 0.885. The van der Waals surface area contributed by atoms with E-state index in [1.807, 2.05) is 11.0 Å². The summed E-state index contributed by atoms with van der Waals surface area (Å²) in [6.07, 6.45) is 7.03. The fourth-order valence-corrected chi connectivity index (χ4v) is 3.68. The highest BCUT2D eigenvalue weighted by Crippen LogP contribution is 2.26. The van der Waals surface area contributed by atoms with E-state index in [4.69, 9.17) is 11.6 Å². The number of aromatic amines is 1. The average Bonchev–Trinajstić information content (AvgIpc) is 2.62. The number of halogens is 1. The summed E-state index contributed by atoms with van der Waals surface area (Å²) < 4.78 is 0. The number of aryl methyl sites for hydroxylation is 1. The van der Waals surface area contributed by atoms with Crippen LogP contribution in [-0.2, 0) is 6.54 Å². The third kappa shape index (κ3) is 4.31. The van der Waals surface area contributed by atoms with Crippen molar-refractivity contribution in [2.45, 2.75) is 51.6 Å². The number of carbonyl (C=O) groups is 1. The minimum atomic E-state index is -0.374. The van der Waals surface area contributed by atoms with Crippen LogP contribution >= 0.6 is 11.6 Å². The lowest BCUT2D eigenvalue weighted by molar-refractivity contribution is 0.0613. The summed E-state index contributed by atoms with van der Waals surface area (Å²) in [5.74, 6) is -0.0773. The van der Waals surface area contributed by atoms with Crippen LogP contribution in [0, 0.1) is 6.92 Å². The lowest BCUT2D eigenvalue weighted by Gasteiger charge is -2.34. The van der Waals surface area contributed by atoms with E-state index in [1.54, 1.807) is 0 Å². The third-order valence-corrected chi connectivity index (χ3v) is 5.10. The smallest absolute Gasteiger partial charge is 0.266 e. The highest BCUT2D eigenvalue weighted by atomic mass is 35.5. The van der Waals surface area contributed by atoms with Crippen LogP contribution in [0.15, 0.2) is 41.3 Å². The van der Waals surface area contributed by atoms with E-state index in [0.717, 1.165) is 31.2 Å². The van der Waals surface area contributed by atoms with Crippen LogP contribution in [0.2, 0.25) is 5.02 Å². The van der Waals surface area contributed by atoms with Gasteiger partial charge in [-0.15, -0.1) is 0 Å². The van der Waals surface area contributed by atoms with Gasteiger partial charge in [0.1, 0.15) is 5.02 Å². The second kappa shape index (κ2) is 7.87. The van der Waals surface area contributed by atoms with Crippen LogP contribution in [0.25, 0.3) is 0 Å². The van der Waals surface area contributed by atoms with Crippen molar-refractivity contribution in [3.63, 3.8) is 0 Å². The minimum Gasteiger partial charge on any atom is -0.331 e. The maximum atomic E-state index is 13.1. The number of H-pyrrole nitrogens is 1. The molecule has 0 saturated heterocycles. The molecule has 132 valence electrons. The van der Waals surface area contributed by atoms with Crippen LogP contribution in [0.4, 0.5) is 0 Å². The summed E-state index contributed by atoms with van der Waals surface area (Å²) in [5, 5.41) is 0.0463. The predicted octanol–water partition coefficient (Wildman–Crippen LogP) is 4.31. The van der Waals surface area contributed by atoms with Crippen LogP contribution in [0.5, 0.6) is 0 Å². The molecule has 1 aromatic carbocycles. The van der Waals surface area contributed by atoms with Crippen molar-refractivity contribution in [2.24, 2.45) is 0 Å². The highest BCUT2D eigenvalue weighted by molar-refractivity contribution is 6.30. The average molecular weight is 359 g/mol. The molecule has 0 unspecified atom stereocenters. The Morgan fingerprint density at radius 3 is 2.68 bits per heavy atom. The van der Waals surface area contributed by atoms with E-state index in [9.17, 15) is 9.59 Å². The van der Waals surface area contributed by atoms with Gasteiger partial charge in [-0.2, -0.15) is 0 Å². The van der Waals surface area contributed by atoms with Gasteiger partial charge in [-0.25, -0.2) is 0 Å². The first-order valence-electron chi connectivity index (χ1n) is 8.79. The number of hydrogen-bond acceptors (Lipinski definition) is 2. The van der Waals surface area contributed by atoms with Gasteiger partial charge < -0.3 is 9.88 Å². The van der Waals surface area contributed by atoms with Crippen LogP contribution in [-0.4, -0.2) is 21.8 Å². The summed E-state index contributed by atoms with van der Waals surface area (Å²) in [7, 11) is 0. The van der Waals surface area contributed by atoms with Crippen molar-refractivity contribution in [1.82, 2.24) is 9.88 Å². The molecule has 0 spiro atoms. The van der Waals surface area contributed by atoms with Crippen molar-refractivity contribution in [2.75, 3.05) is 0 Å². The predicted molar refractivity (Wildman–Crippen MR) is 100.0 cm³/mol. The molecule has 1 aliphatic rings. The van der Waals surface area contributed by atoms with Crippen molar-refractivity contribution in [3.8, 4) is 0 Å². The van der Waals surface area contributed by atoms with Crippen LogP contribution < -0.4 is 5.56 Å². The molecule has 4 nitrogen and oxygen atoms in total. The van der Waals surface area contributed by atoms with E-state index in [0.29, 0.717) is 12.1 Å². The number of pyridine rings is 1. The van der Waals surface area contributed by atoms with Gasteiger partial charge >= 0.3 is 0 Å². The number of carbonyl (C=O) groups excluding carboxylic acids is 1. The van der Waals surface area contributed by atoms with Crippen molar-refractivity contribution < 1.29 is 4.79 Å². The summed E-state index contributed by atoms with van der Waals surface area (Å²) in [5.41, 5.74) is 2.36. The number of benzene rings is 1. The Hall–Kier alpha value is -2.07. The topological polar surface area (TPSA) is 53.2 Å². The number of nitrogens with one attached hydrogen (secondary N) is 1. The normalized spacial score (nSPS) is 15.1.